The number of hydrogen-bond donors (Lipinski definition) is 2. The summed E-state index contributed by atoms with van der Waals surface area (Å²) in [6, 6.07) is -0.315. The first-order chi connectivity index (χ1) is 7.93. The average molecular weight is 271 g/mol. The van der Waals surface area contributed by atoms with Crippen LogP contribution >= 0.6 is 0 Å². The molecule has 1 rings (SSSR count). The van der Waals surface area contributed by atoms with Crippen LogP contribution in [0.5, 0.6) is 0 Å². The van der Waals surface area contributed by atoms with Crippen LogP contribution in [0.25, 0.3) is 0 Å². The molecule has 1 atom stereocenters. The summed E-state index contributed by atoms with van der Waals surface area (Å²) in [6.45, 7) is 0.200. The Labute approximate surface area is 100 Å². The van der Waals surface area contributed by atoms with Gasteiger partial charge in [0.1, 0.15) is 12.3 Å². The molecule has 4 N–H and O–H groups in total. The molecule has 0 amide bonds. The van der Waals surface area contributed by atoms with Crippen molar-refractivity contribution in [2.75, 3.05) is 26.1 Å². The van der Waals surface area contributed by atoms with Gasteiger partial charge in [0.05, 0.1) is 25.0 Å². The minimum atomic E-state index is -2.82. The second kappa shape index (κ2) is 6.24. The Hall–Kier alpha value is -0.770. The first-order valence-electron chi connectivity index (χ1n) is 4.78. The molecule has 6 nitrogen and oxygen atoms in total. The van der Waals surface area contributed by atoms with E-state index in [1.807, 2.05) is 0 Å². The minimum absolute atomic E-state index is 0.232. The van der Waals surface area contributed by atoms with E-state index >= 15 is 0 Å². The van der Waals surface area contributed by atoms with Crippen LogP contribution in [0, 0.1) is 0 Å². The lowest BCUT2D eigenvalue weighted by molar-refractivity contribution is -0.0629. The zero-order valence-corrected chi connectivity index (χ0v) is 10.1. The summed E-state index contributed by atoms with van der Waals surface area (Å²) >= 11 is -1.57. The summed E-state index contributed by atoms with van der Waals surface area (Å²) in [4.78, 5) is 0. The van der Waals surface area contributed by atoms with Crippen molar-refractivity contribution in [2.45, 2.75) is 12.5 Å². The lowest BCUT2D eigenvalue weighted by Gasteiger charge is -2.36. The number of alkyl halides is 2. The van der Waals surface area contributed by atoms with E-state index in [1.54, 1.807) is 0 Å². The third-order valence-electron chi connectivity index (χ3n) is 2.21. The molecule has 1 fully saturated rings. The van der Waals surface area contributed by atoms with Crippen LogP contribution in [-0.4, -0.2) is 47.8 Å². The number of nitrogens with zero attached hydrogens (tertiary/aromatic N) is 1. The molecule has 1 heterocycles. The Morgan fingerprint density at radius 1 is 1.65 bits per heavy atom. The van der Waals surface area contributed by atoms with Gasteiger partial charge in [0.2, 0.25) is 0 Å². The molecule has 9 heteroatoms. The van der Waals surface area contributed by atoms with Gasteiger partial charge in [-0.05, 0) is 0 Å². The Balaban J connectivity index is 2.74. The lowest BCUT2D eigenvalue weighted by Crippen LogP contribution is -2.53. The molecule has 0 aromatic carbocycles. The van der Waals surface area contributed by atoms with E-state index in [2.05, 4.69) is 4.18 Å². The quantitative estimate of drug-likeness (QED) is 0.491. The van der Waals surface area contributed by atoms with Crippen molar-refractivity contribution in [3.05, 3.63) is 11.4 Å². The number of halogens is 2. The highest BCUT2D eigenvalue weighted by Crippen LogP contribution is 2.19. The lowest BCUT2D eigenvalue weighted by atomic mass is 10.2. The molecule has 0 aromatic heterocycles. The van der Waals surface area contributed by atoms with Crippen molar-refractivity contribution in [3.63, 3.8) is 0 Å². The highest BCUT2D eigenvalue weighted by molar-refractivity contribution is 7.79. The van der Waals surface area contributed by atoms with Crippen LogP contribution in [0.2, 0.25) is 0 Å². The predicted octanol–water partition coefficient (Wildman–Crippen LogP) is -0.694. The van der Waals surface area contributed by atoms with E-state index in [-0.39, 0.29) is 31.6 Å². The smallest absolute Gasteiger partial charge is 0.281 e. The largest absolute Gasteiger partial charge is 0.398 e. The van der Waals surface area contributed by atoms with Gasteiger partial charge in [-0.1, -0.05) is 0 Å². The summed E-state index contributed by atoms with van der Waals surface area (Å²) in [5, 5.41) is 0.894. The molecule has 0 bridgehead atoms. The number of allylic oxidation sites excluding steroid dienone is 1. The molecule has 100 valence electrons. The molecule has 1 aliphatic heterocycles. The molecule has 1 saturated heterocycles. The topological polar surface area (TPSA) is 90.8 Å². The highest BCUT2D eigenvalue weighted by atomic mass is 32.2. The van der Waals surface area contributed by atoms with Crippen LogP contribution in [0.4, 0.5) is 8.78 Å². The van der Waals surface area contributed by atoms with Crippen LogP contribution in [0.15, 0.2) is 11.4 Å². The van der Waals surface area contributed by atoms with Gasteiger partial charge in [-0.3, -0.25) is 4.18 Å². The van der Waals surface area contributed by atoms with Crippen molar-refractivity contribution >= 4 is 11.1 Å². The Morgan fingerprint density at radius 3 is 2.59 bits per heavy atom. The molecule has 1 unspecified atom stereocenters. The van der Waals surface area contributed by atoms with Crippen LogP contribution in [-0.2, 0) is 20.0 Å². The predicted molar refractivity (Wildman–Crippen MR) is 57.9 cm³/mol. The standard InChI is InChI=1S/C8H15F2N3O3S/c1-17(14)16-4-6(11)7(8(9)10)13(12)5-2-15-3-5/h5,8H,2-4,11-12H2,1H3/b7-6-. The van der Waals surface area contributed by atoms with E-state index in [0.717, 1.165) is 5.01 Å². The third kappa shape index (κ3) is 3.87. The molecule has 17 heavy (non-hydrogen) atoms. The van der Waals surface area contributed by atoms with Gasteiger partial charge in [0.25, 0.3) is 6.43 Å². The zero-order chi connectivity index (χ0) is 13.0. The van der Waals surface area contributed by atoms with Gasteiger partial charge >= 0.3 is 0 Å². The van der Waals surface area contributed by atoms with Crippen LogP contribution < -0.4 is 11.6 Å². The maximum atomic E-state index is 12.8. The Morgan fingerprint density at radius 2 is 2.24 bits per heavy atom. The van der Waals surface area contributed by atoms with E-state index in [0.29, 0.717) is 0 Å². The molecule has 0 aliphatic carbocycles. The molecular formula is C8H15F2N3O3S. The van der Waals surface area contributed by atoms with E-state index in [9.17, 15) is 13.0 Å². The average Bonchev–Trinajstić information content (AvgIpc) is 2.11. The van der Waals surface area contributed by atoms with Gasteiger partial charge in [-0.2, -0.15) is 0 Å². The number of nitrogens with two attached hydrogens (primary N) is 2. The normalized spacial score (nSPS) is 19.8. The summed E-state index contributed by atoms with van der Waals surface area (Å²) in [5.41, 5.74) is 4.72. The van der Waals surface area contributed by atoms with Crippen LogP contribution in [0.1, 0.15) is 0 Å². The monoisotopic (exact) mass is 271 g/mol. The molecule has 0 radical (unpaired) electrons. The Bertz CT molecular complexity index is 323. The zero-order valence-electron chi connectivity index (χ0n) is 9.27. The van der Waals surface area contributed by atoms with Gasteiger partial charge in [-0.25, -0.2) is 18.8 Å². The van der Waals surface area contributed by atoms with E-state index < -0.39 is 23.2 Å². The SMILES string of the molecule is CS(=O)OC/C(N)=C(\C(F)F)N(N)C1COC1. The highest BCUT2D eigenvalue weighted by Gasteiger charge is 2.31. The van der Waals surface area contributed by atoms with E-state index in [1.165, 1.54) is 6.26 Å². The third-order valence-corrected chi connectivity index (χ3v) is 2.66. The number of ether oxygens (including phenoxy) is 1. The van der Waals surface area contributed by atoms with Crippen molar-refractivity contribution in [1.29, 1.82) is 0 Å². The maximum Gasteiger partial charge on any atom is 0.281 e. The second-order valence-corrected chi connectivity index (χ2v) is 4.51. The maximum absolute atomic E-state index is 12.8. The number of hydrazine groups is 1. The molecule has 0 aromatic rings. The summed E-state index contributed by atoms with van der Waals surface area (Å²) in [7, 11) is 0. The molecular weight excluding hydrogens is 256 g/mol. The van der Waals surface area contributed by atoms with Crippen molar-refractivity contribution in [1.82, 2.24) is 5.01 Å². The van der Waals surface area contributed by atoms with Gasteiger partial charge in [0, 0.05) is 6.26 Å². The summed E-state index contributed by atoms with van der Waals surface area (Å²) in [5.74, 6) is 5.54. The van der Waals surface area contributed by atoms with Gasteiger partial charge in [-0.15, -0.1) is 0 Å². The van der Waals surface area contributed by atoms with Crippen LogP contribution in [0.3, 0.4) is 0 Å². The Kier molecular flexibility index (Phi) is 5.25. The first kappa shape index (κ1) is 14.3. The van der Waals surface area contributed by atoms with Gasteiger partial charge in [0.15, 0.2) is 11.1 Å². The summed E-state index contributed by atoms with van der Waals surface area (Å²) < 4.78 is 45.8. The molecule has 0 saturated carbocycles. The van der Waals surface area contributed by atoms with E-state index in [4.69, 9.17) is 16.3 Å². The first-order valence-corrected chi connectivity index (χ1v) is 6.26. The summed E-state index contributed by atoms with van der Waals surface area (Å²) in [6.07, 6.45) is -1.55. The molecule has 1 aliphatic rings. The second-order valence-electron chi connectivity index (χ2n) is 3.47. The van der Waals surface area contributed by atoms with Crippen molar-refractivity contribution < 1.29 is 21.9 Å². The number of rotatable bonds is 6. The fraction of sp³-hybridized carbons (Fsp3) is 0.750. The fourth-order valence-corrected chi connectivity index (χ4v) is 1.51. The van der Waals surface area contributed by atoms with Crippen molar-refractivity contribution in [3.8, 4) is 0 Å². The minimum Gasteiger partial charge on any atom is -0.398 e. The molecule has 0 spiro atoms. The van der Waals surface area contributed by atoms with Crippen molar-refractivity contribution in [2.24, 2.45) is 11.6 Å². The number of hydrogen-bond acceptors (Lipinski definition) is 6. The van der Waals surface area contributed by atoms with Gasteiger partial charge < -0.3 is 15.5 Å². The fourth-order valence-electron chi connectivity index (χ4n) is 1.22.